The number of carbonyl (C=O) groups excluding carboxylic acids is 2. The highest BCUT2D eigenvalue weighted by molar-refractivity contribution is 5.95. The third-order valence-electron chi connectivity index (χ3n) is 3.41. The first kappa shape index (κ1) is 20.8. The van der Waals surface area contributed by atoms with E-state index in [9.17, 15) is 9.59 Å². The van der Waals surface area contributed by atoms with E-state index in [1.165, 1.54) is 14.2 Å². The first-order valence-electron chi connectivity index (χ1n) is 8.18. The molecule has 1 aromatic carbocycles. The van der Waals surface area contributed by atoms with Gasteiger partial charge in [-0.25, -0.2) is 4.79 Å². The van der Waals surface area contributed by atoms with Gasteiger partial charge in [-0.3, -0.25) is 4.79 Å². The summed E-state index contributed by atoms with van der Waals surface area (Å²) in [7, 11) is 2.92. The van der Waals surface area contributed by atoms with Gasteiger partial charge in [-0.1, -0.05) is 26.8 Å². The van der Waals surface area contributed by atoms with Crippen LogP contribution < -0.4 is 14.8 Å². The number of benzene rings is 1. The Morgan fingerprint density at radius 3 is 2.20 bits per heavy atom. The van der Waals surface area contributed by atoms with Crippen LogP contribution in [-0.4, -0.2) is 38.2 Å². The molecule has 1 aromatic rings. The van der Waals surface area contributed by atoms with Crippen LogP contribution in [-0.2, 0) is 9.53 Å². The number of amides is 1. The molecule has 0 unspecified atom stereocenters. The summed E-state index contributed by atoms with van der Waals surface area (Å²) in [4.78, 5) is 24.4. The Morgan fingerprint density at radius 1 is 1.04 bits per heavy atom. The van der Waals surface area contributed by atoms with Gasteiger partial charge in [-0.2, -0.15) is 0 Å². The van der Waals surface area contributed by atoms with Gasteiger partial charge in [0.15, 0.2) is 18.1 Å². The molecule has 0 spiro atoms. The maximum atomic E-state index is 12.3. The van der Waals surface area contributed by atoms with Crippen LogP contribution in [0.4, 0.5) is 0 Å². The molecule has 6 heteroatoms. The number of nitrogens with one attached hydrogen (secondary N) is 1. The minimum absolute atomic E-state index is 0.0708. The summed E-state index contributed by atoms with van der Waals surface area (Å²) in [5.74, 6) is -0.278. The molecule has 0 aliphatic heterocycles. The first-order chi connectivity index (χ1) is 11.5. The maximum Gasteiger partial charge on any atom is 0.342 e. The predicted octanol–water partition coefficient (Wildman–Crippen LogP) is 3.19. The monoisotopic (exact) mass is 351 g/mol. The Kier molecular flexibility index (Phi) is 6.85. The number of methoxy groups -OCH3 is 2. The summed E-state index contributed by atoms with van der Waals surface area (Å²) in [6, 6.07) is 4.90. The number of carbonyl (C=O) groups is 2. The fraction of sp³-hybridized carbons (Fsp3) is 0.579. The quantitative estimate of drug-likeness (QED) is 0.764. The Labute approximate surface area is 149 Å². The molecule has 140 valence electrons. The van der Waals surface area contributed by atoms with Crippen molar-refractivity contribution in [2.24, 2.45) is 5.41 Å². The van der Waals surface area contributed by atoms with Crippen molar-refractivity contribution in [3.63, 3.8) is 0 Å². The minimum atomic E-state index is -0.639. The van der Waals surface area contributed by atoms with Gasteiger partial charge in [0, 0.05) is 5.54 Å². The standard InChI is InChI=1S/C19H29NO5/c1-18(2,3)12-19(4,5)20-15(21)11-25-17(22)13-9-8-10-14(23-6)16(13)24-7/h8-10H,11-12H2,1-7H3,(H,20,21). The summed E-state index contributed by atoms with van der Waals surface area (Å²) in [5, 5.41) is 2.90. The lowest BCUT2D eigenvalue weighted by Gasteiger charge is -2.33. The summed E-state index contributed by atoms with van der Waals surface area (Å²) >= 11 is 0. The number of esters is 1. The van der Waals surface area contributed by atoms with Crippen molar-refractivity contribution >= 4 is 11.9 Å². The van der Waals surface area contributed by atoms with Gasteiger partial charge in [-0.05, 0) is 37.8 Å². The van der Waals surface area contributed by atoms with E-state index < -0.39 is 11.5 Å². The molecule has 1 N–H and O–H groups in total. The Bertz CT molecular complexity index is 617. The topological polar surface area (TPSA) is 73.9 Å². The second kappa shape index (κ2) is 8.23. The average molecular weight is 351 g/mol. The highest BCUT2D eigenvalue weighted by atomic mass is 16.5. The lowest BCUT2D eigenvalue weighted by atomic mass is 9.82. The van der Waals surface area contributed by atoms with Crippen LogP contribution in [0.25, 0.3) is 0 Å². The van der Waals surface area contributed by atoms with E-state index in [0.29, 0.717) is 5.75 Å². The van der Waals surface area contributed by atoms with Crippen LogP contribution in [0.5, 0.6) is 11.5 Å². The van der Waals surface area contributed by atoms with Gasteiger partial charge in [0.25, 0.3) is 5.91 Å². The van der Waals surface area contributed by atoms with Crippen molar-refractivity contribution in [2.75, 3.05) is 20.8 Å². The van der Waals surface area contributed by atoms with Crippen LogP contribution in [0, 0.1) is 5.41 Å². The molecule has 0 atom stereocenters. The van der Waals surface area contributed by atoms with Crippen molar-refractivity contribution in [2.45, 2.75) is 46.6 Å². The first-order valence-corrected chi connectivity index (χ1v) is 8.18. The Balaban J connectivity index is 2.70. The lowest BCUT2D eigenvalue weighted by Crippen LogP contribution is -2.47. The Morgan fingerprint density at radius 2 is 1.68 bits per heavy atom. The Hall–Kier alpha value is -2.24. The van der Waals surface area contributed by atoms with Gasteiger partial charge in [0.05, 0.1) is 14.2 Å². The smallest absolute Gasteiger partial charge is 0.342 e. The minimum Gasteiger partial charge on any atom is -0.493 e. The molecule has 0 radical (unpaired) electrons. The third-order valence-corrected chi connectivity index (χ3v) is 3.41. The van der Waals surface area contributed by atoms with E-state index in [2.05, 4.69) is 26.1 Å². The van der Waals surface area contributed by atoms with Gasteiger partial charge in [0.1, 0.15) is 5.56 Å². The molecule has 1 amide bonds. The zero-order valence-electron chi connectivity index (χ0n) is 16.2. The lowest BCUT2D eigenvalue weighted by molar-refractivity contribution is -0.126. The summed E-state index contributed by atoms with van der Waals surface area (Å²) in [6.07, 6.45) is 0.795. The molecule has 0 saturated heterocycles. The average Bonchev–Trinajstić information content (AvgIpc) is 2.48. The van der Waals surface area contributed by atoms with Crippen LogP contribution in [0.15, 0.2) is 18.2 Å². The van der Waals surface area contributed by atoms with Crippen LogP contribution in [0.3, 0.4) is 0 Å². The molecular formula is C19H29NO5. The van der Waals surface area contributed by atoms with Gasteiger partial charge in [-0.15, -0.1) is 0 Å². The second-order valence-corrected chi connectivity index (χ2v) is 7.79. The molecule has 6 nitrogen and oxygen atoms in total. The largest absolute Gasteiger partial charge is 0.493 e. The van der Waals surface area contributed by atoms with E-state index in [-0.39, 0.29) is 29.2 Å². The SMILES string of the molecule is COc1cccc(C(=O)OCC(=O)NC(C)(C)CC(C)(C)C)c1OC. The molecule has 0 fully saturated rings. The third kappa shape index (κ3) is 6.64. The fourth-order valence-electron chi connectivity index (χ4n) is 3.04. The molecular weight excluding hydrogens is 322 g/mol. The molecule has 0 saturated carbocycles. The zero-order chi connectivity index (χ0) is 19.3. The number of para-hydroxylation sites is 1. The fourth-order valence-corrected chi connectivity index (χ4v) is 3.04. The highest BCUT2D eigenvalue weighted by Gasteiger charge is 2.27. The van der Waals surface area contributed by atoms with Crippen molar-refractivity contribution in [3.05, 3.63) is 23.8 Å². The van der Waals surface area contributed by atoms with Crippen molar-refractivity contribution < 1.29 is 23.8 Å². The number of ether oxygens (including phenoxy) is 3. The molecule has 1 rings (SSSR count). The molecule has 0 heterocycles. The normalized spacial score (nSPS) is 11.6. The molecule has 0 bridgehead atoms. The number of hydrogen-bond donors (Lipinski definition) is 1. The van der Waals surface area contributed by atoms with Crippen molar-refractivity contribution in [1.29, 1.82) is 0 Å². The van der Waals surface area contributed by atoms with Crippen molar-refractivity contribution in [1.82, 2.24) is 5.32 Å². The van der Waals surface area contributed by atoms with E-state index >= 15 is 0 Å². The highest BCUT2D eigenvalue weighted by Crippen LogP contribution is 2.31. The second-order valence-electron chi connectivity index (χ2n) is 7.79. The van der Waals surface area contributed by atoms with Gasteiger partial charge in [0.2, 0.25) is 0 Å². The van der Waals surface area contributed by atoms with E-state index in [1.54, 1.807) is 18.2 Å². The van der Waals surface area contributed by atoms with E-state index in [4.69, 9.17) is 14.2 Å². The molecule has 0 aliphatic carbocycles. The number of hydrogen-bond acceptors (Lipinski definition) is 5. The maximum absolute atomic E-state index is 12.3. The predicted molar refractivity (Wildman–Crippen MR) is 96.1 cm³/mol. The number of rotatable bonds is 7. The van der Waals surface area contributed by atoms with E-state index in [0.717, 1.165) is 6.42 Å². The van der Waals surface area contributed by atoms with Gasteiger partial charge >= 0.3 is 5.97 Å². The summed E-state index contributed by atoms with van der Waals surface area (Å²) < 4.78 is 15.5. The van der Waals surface area contributed by atoms with Gasteiger partial charge < -0.3 is 19.5 Å². The van der Waals surface area contributed by atoms with Crippen LogP contribution >= 0.6 is 0 Å². The molecule has 0 aliphatic rings. The molecule has 25 heavy (non-hydrogen) atoms. The summed E-state index contributed by atoms with van der Waals surface area (Å²) in [5.41, 5.74) is -0.111. The van der Waals surface area contributed by atoms with Crippen molar-refractivity contribution in [3.8, 4) is 11.5 Å². The van der Waals surface area contributed by atoms with E-state index in [1.807, 2.05) is 13.8 Å². The summed E-state index contributed by atoms with van der Waals surface area (Å²) in [6.45, 7) is 9.86. The zero-order valence-corrected chi connectivity index (χ0v) is 16.2. The van der Waals surface area contributed by atoms with Crippen LogP contribution in [0.1, 0.15) is 51.4 Å². The van der Waals surface area contributed by atoms with Crippen LogP contribution in [0.2, 0.25) is 0 Å². The molecule has 0 aromatic heterocycles.